The highest BCUT2D eigenvalue weighted by atomic mass is 16.6. The van der Waals surface area contributed by atoms with E-state index in [2.05, 4.69) is 10.5 Å². The fraction of sp³-hybridized carbons (Fsp3) is 0.263. The smallest absolute Gasteiger partial charge is 0.344 e. The summed E-state index contributed by atoms with van der Waals surface area (Å²) in [4.78, 5) is 32.5. The largest absolute Gasteiger partial charge is 0.507 e. The fourth-order valence-corrected chi connectivity index (χ4v) is 2.54. The molecule has 0 unspecified atom stereocenters. The zero-order valence-electron chi connectivity index (χ0n) is 17.4. The summed E-state index contributed by atoms with van der Waals surface area (Å²) in [5, 5.41) is 36.9. The Morgan fingerprint density at radius 2 is 1.84 bits per heavy atom. The predicted molar refractivity (Wildman–Crippen MR) is 112 cm³/mol. The number of benzene rings is 2. The molecule has 13 nitrogen and oxygen atoms in total. The number of phenols is 1. The van der Waals surface area contributed by atoms with E-state index in [9.17, 15) is 30.1 Å². The van der Waals surface area contributed by atoms with Crippen LogP contribution in [0.25, 0.3) is 0 Å². The molecule has 0 saturated heterocycles. The molecule has 13 heteroatoms. The Morgan fingerprint density at radius 1 is 1.16 bits per heavy atom. The van der Waals surface area contributed by atoms with Gasteiger partial charge >= 0.3 is 17.3 Å². The molecule has 2 rings (SSSR count). The summed E-state index contributed by atoms with van der Waals surface area (Å²) >= 11 is 0. The molecule has 0 heterocycles. The Bertz CT molecular complexity index is 1070. The number of nitrogens with zero attached hydrogens (tertiary/aromatic N) is 3. The van der Waals surface area contributed by atoms with Gasteiger partial charge in [-0.1, -0.05) is 0 Å². The van der Waals surface area contributed by atoms with Gasteiger partial charge in [0.1, 0.15) is 23.3 Å². The van der Waals surface area contributed by atoms with Crippen molar-refractivity contribution in [3.8, 4) is 17.2 Å². The lowest BCUT2D eigenvalue weighted by molar-refractivity contribution is -0.394. The van der Waals surface area contributed by atoms with Crippen LogP contribution in [0.15, 0.2) is 35.4 Å². The molecule has 2 aromatic carbocycles. The third kappa shape index (κ3) is 5.81. The van der Waals surface area contributed by atoms with Crippen molar-refractivity contribution in [1.29, 1.82) is 0 Å². The molecule has 0 fully saturated rings. The van der Waals surface area contributed by atoms with Crippen LogP contribution in [-0.4, -0.2) is 47.0 Å². The zero-order chi connectivity index (χ0) is 23.8. The number of carbonyl (C=O) groups excluding carboxylic acids is 1. The minimum absolute atomic E-state index is 0.0869. The van der Waals surface area contributed by atoms with Gasteiger partial charge in [-0.25, -0.2) is 4.79 Å². The van der Waals surface area contributed by atoms with E-state index in [0.717, 1.165) is 6.07 Å². The molecule has 2 aromatic rings. The molecule has 0 aromatic heterocycles. The molecule has 0 atom stereocenters. The second-order valence-corrected chi connectivity index (χ2v) is 6.14. The lowest BCUT2D eigenvalue weighted by Crippen LogP contribution is -2.15. The second-order valence-electron chi connectivity index (χ2n) is 6.14. The van der Waals surface area contributed by atoms with Crippen LogP contribution in [0.3, 0.4) is 0 Å². The van der Waals surface area contributed by atoms with Crippen LogP contribution in [0, 0.1) is 20.2 Å². The number of hydrazone groups is 1. The topological polar surface area (TPSA) is 176 Å². The highest BCUT2D eigenvalue weighted by Crippen LogP contribution is 2.38. The van der Waals surface area contributed by atoms with Crippen LogP contribution in [0.4, 0.5) is 17.1 Å². The van der Waals surface area contributed by atoms with E-state index in [-0.39, 0.29) is 23.8 Å². The fourth-order valence-electron chi connectivity index (χ4n) is 2.54. The van der Waals surface area contributed by atoms with Gasteiger partial charge in [-0.2, -0.15) is 5.10 Å². The van der Waals surface area contributed by atoms with Gasteiger partial charge in [0.05, 0.1) is 29.3 Å². The zero-order valence-corrected chi connectivity index (χ0v) is 17.4. The molecule has 0 spiro atoms. The number of anilines is 1. The van der Waals surface area contributed by atoms with E-state index in [0.29, 0.717) is 17.4 Å². The van der Waals surface area contributed by atoms with E-state index in [4.69, 9.17) is 14.2 Å². The van der Waals surface area contributed by atoms with Crippen molar-refractivity contribution in [2.45, 2.75) is 13.8 Å². The monoisotopic (exact) mass is 448 g/mol. The van der Waals surface area contributed by atoms with Crippen molar-refractivity contribution < 1.29 is 34.0 Å². The summed E-state index contributed by atoms with van der Waals surface area (Å²) in [6, 6.07) is 6.17. The van der Waals surface area contributed by atoms with Gasteiger partial charge < -0.3 is 19.3 Å². The minimum Gasteiger partial charge on any atom is -0.507 e. The van der Waals surface area contributed by atoms with Gasteiger partial charge in [0.2, 0.25) is 0 Å². The third-order valence-corrected chi connectivity index (χ3v) is 4.06. The Hall–Kier alpha value is -4.42. The number of aromatic hydroxyl groups is 1. The third-order valence-electron chi connectivity index (χ3n) is 4.06. The van der Waals surface area contributed by atoms with E-state index in [1.807, 2.05) is 0 Å². The van der Waals surface area contributed by atoms with Gasteiger partial charge in [-0.15, -0.1) is 0 Å². The van der Waals surface area contributed by atoms with Crippen molar-refractivity contribution >= 4 is 28.7 Å². The molecule has 0 aliphatic heterocycles. The highest BCUT2D eigenvalue weighted by Gasteiger charge is 2.26. The Balaban J connectivity index is 2.41. The summed E-state index contributed by atoms with van der Waals surface area (Å²) < 4.78 is 14.9. The predicted octanol–water partition coefficient (Wildman–Crippen LogP) is 3.00. The summed E-state index contributed by atoms with van der Waals surface area (Å²) in [5.74, 6) is -0.875. The van der Waals surface area contributed by atoms with Crippen LogP contribution in [0.1, 0.15) is 19.4 Å². The molecule has 0 radical (unpaired) electrons. The molecule has 32 heavy (non-hydrogen) atoms. The van der Waals surface area contributed by atoms with Crippen LogP contribution in [0.5, 0.6) is 17.2 Å². The van der Waals surface area contributed by atoms with Gasteiger partial charge in [0.15, 0.2) is 12.4 Å². The van der Waals surface area contributed by atoms with Crippen molar-refractivity contribution in [1.82, 2.24) is 0 Å². The van der Waals surface area contributed by atoms with Gasteiger partial charge in [-0.05, 0) is 26.0 Å². The van der Waals surface area contributed by atoms with E-state index in [1.165, 1.54) is 26.2 Å². The maximum absolute atomic E-state index is 11.5. The molecular weight excluding hydrogens is 428 g/mol. The number of hydrogen-bond donors (Lipinski definition) is 2. The van der Waals surface area contributed by atoms with E-state index >= 15 is 0 Å². The summed E-state index contributed by atoms with van der Waals surface area (Å²) in [7, 11) is 1.44. The number of ether oxygens (including phenoxy) is 3. The van der Waals surface area contributed by atoms with Crippen molar-refractivity contribution in [3.63, 3.8) is 0 Å². The summed E-state index contributed by atoms with van der Waals surface area (Å²) in [6.45, 7) is 2.57. The van der Waals surface area contributed by atoms with Crippen molar-refractivity contribution in [2.24, 2.45) is 5.10 Å². The number of esters is 1. The Kier molecular flexibility index (Phi) is 7.87. The van der Waals surface area contributed by atoms with Gasteiger partial charge in [0, 0.05) is 17.7 Å². The lowest BCUT2D eigenvalue weighted by Gasteiger charge is -2.10. The molecule has 0 aliphatic carbocycles. The first-order valence-corrected chi connectivity index (χ1v) is 9.10. The number of carbonyl (C=O) groups is 1. The molecular formula is C19H20N4O9. The van der Waals surface area contributed by atoms with E-state index < -0.39 is 39.5 Å². The maximum atomic E-state index is 11.5. The SMILES string of the molecule is CCOC(=O)COc1cc(N/N=C(/C)c2ccc(OC)cc2O)c([N+](=O)[O-])cc1[N+](=O)[O-]. The van der Waals surface area contributed by atoms with Crippen LogP contribution < -0.4 is 14.9 Å². The Labute approximate surface area is 181 Å². The van der Waals surface area contributed by atoms with Crippen molar-refractivity contribution in [3.05, 3.63) is 56.1 Å². The molecule has 0 saturated carbocycles. The number of methoxy groups -OCH3 is 1. The van der Waals surface area contributed by atoms with Crippen LogP contribution in [-0.2, 0) is 9.53 Å². The Morgan fingerprint density at radius 3 is 2.41 bits per heavy atom. The van der Waals surface area contributed by atoms with Crippen molar-refractivity contribution in [2.75, 3.05) is 25.7 Å². The average Bonchev–Trinajstić information content (AvgIpc) is 2.75. The number of rotatable bonds is 10. The first-order chi connectivity index (χ1) is 15.2. The van der Waals surface area contributed by atoms with E-state index in [1.54, 1.807) is 13.0 Å². The minimum atomic E-state index is -0.874. The quantitative estimate of drug-likeness (QED) is 0.238. The first kappa shape index (κ1) is 23.9. The average molecular weight is 448 g/mol. The number of nitro benzene ring substituents is 2. The van der Waals surface area contributed by atoms with Crippen LogP contribution >= 0.6 is 0 Å². The second kappa shape index (κ2) is 10.6. The number of hydrogen-bond acceptors (Lipinski definition) is 11. The highest BCUT2D eigenvalue weighted by molar-refractivity contribution is 6.01. The van der Waals surface area contributed by atoms with Gasteiger partial charge in [0.25, 0.3) is 0 Å². The molecule has 170 valence electrons. The molecule has 2 N–H and O–H groups in total. The number of nitro groups is 2. The lowest BCUT2D eigenvalue weighted by atomic mass is 10.1. The summed E-state index contributed by atoms with van der Waals surface area (Å²) in [6.07, 6.45) is 0. The van der Waals surface area contributed by atoms with Crippen LogP contribution in [0.2, 0.25) is 0 Å². The normalized spacial score (nSPS) is 10.9. The molecule has 0 amide bonds. The standard InChI is InChI=1S/C19H20N4O9/c1-4-31-19(25)10-32-18-8-14(15(22(26)27)9-16(18)23(28)29)21-20-11(2)13-6-5-12(30-3)7-17(13)24/h5-9,21,24H,4,10H2,1-3H3/b20-11-. The first-order valence-electron chi connectivity index (χ1n) is 9.10. The maximum Gasteiger partial charge on any atom is 0.344 e. The molecule has 0 aliphatic rings. The molecule has 0 bridgehead atoms. The summed E-state index contributed by atoms with van der Waals surface area (Å²) in [5.41, 5.74) is 1.45. The number of nitrogens with one attached hydrogen (secondary N) is 1. The number of phenolic OH excluding ortho intramolecular Hbond substituents is 1. The van der Waals surface area contributed by atoms with Gasteiger partial charge in [-0.3, -0.25) is 25.7 Å².